The minimum absolute atomic E-state index is 1.12. The molecule has 0 spiro atoms. The van der Waals surface area contributed by atoms with Crippen molar-refractivity contribution in [3.63, 3.8) is 0 Å². The van der Waals surface area contributed by atoms with Crippen molar-refractivity contribution in [2.24, 2.45) is 7.05 Å². The zero-order chi connectivity index (χ0) is 11.6. The van der Waals surface area contributed by atoms with Crippen molar-refractivity contribution in [3.05, 3.63) is 29.2 Å². The monoisotopic (exact) mass is 204 g/mol. The topological polar surface area (TPSA) is 17.8 Å². The normalized spacial score (nSPS) is 10.0. The van der Waals surface area contributed by atoms with Crippen LogP contribution in [0.3, 0.4) is 0 Å². The number of nitrogens with zero attached hydrogens (tertiary/aromatic N) is 2. The molecule has 0 aromatic carbocycles. The summed E-state index contributed by atoms with van der Waals surface area (Å²) in [5.41, 5.74) is 5.08. The summed E-state index contributed by atoms with van der Waals surface area (Å²) >= 11 is 0. The van der Waals surface area contributed by atoms with Gasteiger partial charge in [-0.05, 0) is 32.4 Å². The molecular weight excluding hydrogens is 184 g/mol. The SMILES string of the molecule is CC.Cc1nccc2c1c(C)c(C)n2C. The third-order valence-corrected chi connectivity index (χ3v) is 2.90. The molecule has 2 nitrogen and oxygen atoms in total. The average molecular weight is 204 g/mol. The average Bonchev–Trinajstić information content (AvgIpc) is 2.48. The van der Waals surface area contributed by atoms with E-state index in [1.165, 1.54) is 22.2 Å². The number of pyridine rings is 1. The smallest absolute Gasteiger partial charge is 0.0516 e. The predicted molar refractivity (Wildman–Crippen MR) is 66.3 cm³/mol. The van der Waals surface area contributed by atoms with Gasteiger partial charge in [-0.25, -0.2) is 0 Å². The maximum atomic E-state index is 4.31. The van der Waals surface area contributed by atoms with E-state index in [0.717, 1.165) is 5.69 Å². The van der Waals surface area contributed by atoms with Crippen molar-refractivity contribution >= 4 is 10.9 Å². The van der Waals surface area contributed by atoms with Crippen LogP contribution in [0.5, 0.6) is 0 Å². The largest absolute Gasteiger partial charge is 0.348 e. The summed E-state index contributed by atoms with van der Waals surface area (Å²) in [4.78, 5) is 4.31. The van der Waals surface area contributed by atoms with E-state index in [0.29, 0.717) is 0 Å². The molecule has 0 fully saturated rings. The molecule has 0 atom stereocenters. The summed E-state index contributed by atoms with van der Waals surface area (Å²) in [6.07, 6.45) is 1.87. The highest BCUT2D eigenvalue weighted by atomic mass is 14.9. The molecule has 15 heavy (non-hydrogen) atoms. The highest BCUT2D eigenvalue weighted by Gasteiger charge is 2.09. The molecule has 2 heterocycles. The lowest BCUT2D eigenvalue weighted by Gasteiger charge is -1.98. The van der Waals surface area contributed by atoms with Gasteiger partial charge in [0.2, 0.25) is 0 Å². The number of hydrogen-bond donors (Lipinski definition) is 0. The van der Waals surface area contributed by atoms with Crippen LogP contribution in [0, 0.1) is 20.8 Å². The van der Waals surface area contributed by atoms with Crippen LogP contribution in [0.15, 0.2) is 12.3 Å². The molecule has 0 radical (unpaired) electrons. The molecule has 2 aromatic rings. The van der Waals surface area contributed by atoms with Crippen LogP contribution in [0.25, 0.3) is 10.9 Å². The molecule has 0 unspecified atom stereocenters. The van der Waals surface area contributed by atoms with Crippen molar-refractivity contribution in [1.82, 2.24) is 9.55 Å². The van der Waals surface area contributed by atoms with Crippen LogP contribution in [0.4, 0.5) is 0 Å². The van der Waals surface area contributed by atoms with Gasteiger partial charge in [0, 0.05) is 30.0 Å². The van der Waals surface area contributed by atoms with E-state index in [4.69, 9.17) is 0 Å². The Kier molecular flexibility index (Phi) is 3.51. The van der Waals surface area contributed by atoms with Gasteiger partial charge in [-0.3, -0.25) is 4.98 Å². The van der Waals surface area contributed by atoms with Crippen molar-refractivity contribution in [3.8, 4) is 0 Å². The maximum absolute atomic E-state index is 4.31. The van der Waals surface area contributed by atoms with Gasteiger partial charge in [0.1, 0.15) is 0 Å². The van der Waals surface area contributed by atoms with E-state index < -0.39 is 0 Å². The molecule has 0 aliphatic heterocycles. The first-order chi connectivity index (χ1) is 7.13. The quantitative estimate of drug-likeness (QED) is 0.642. The molecule has 0 amide bonds. The zero-order valence-electron chi connectivity index (χ0n) is 10.5. The molecule has 2 rings (SSSR count). The van der Waals surface area contributed by atoms with Crippen LogP contribution in [-0.4, -0.2) is 9.55 Å². The Bertz CT molecular complexity index is 467. The van der Waals surface area contributed by atoms with Crippen molar-refractivity contribution in [2.45, 2.75) is 34.6 Å². The van der Waals surface area contributed by atoms with Crippen molar-refractivity contribution < 1.29 is 0 Å². The van der Waals surface area contributed by atoms with E-state index in [2.05, 4.69) is 43.4 Å². The lowest BCUT2D eigenvalue weighted by atomic mass is 10.1. The first kappa shape index (κ1) is 11.8. The van der Waals surface area contributed by atoms with Crippen molar-refractivity contribution in [2.75, 3.05) is 0 Å². The van der Waals surface area contributed by atoms with Crippen LogP contribution in [0.2, 0.25) is 0 Å². The summed E-state index contributed by atoms with van der Waals surface area (Å²) < 4.78 is 2.22. The second-order valence-corrected chi connectivity index (χ2v) is 3.56. The Balaban J connectivity index is 0.000000531. The van der Waals surface area contributed by atoms with Crippen LogP contribution < -0.4 is 0 Å². The third-order valence-electron chi connectivity index (χ3n) is 2.90. The lowest BCUT2D eigenvalue weighted by molar-refractivity contribution is 0.910. The molecule has 0 saturated carbocycles. The Morgan fingerprint density at radius 2 is 1.73 bits per heavy atom. The predicted octanol–water partition coefficient (Wildman–Crippen LogP) is 3.52. The number of hydrogen-bond acceptors (Lipinski definition) is 1. The standard InChI is InChI=1S/C11H14N2.C2H6/c1-7-9(3)13(4)10-5-6-12-8(2)11(7)10;1-2/h5-6H,1-4H3;1-2H3. The molecule has 0 saturated heterocycles. The molecule has 0 aliphatic carbocycles. The van der Waals surface area contributed by atoms with Gasteiger partial charge >= 0.3 is 0 Å². The molecule has 82 valence electrons. The minimum Gasteiger partial charge on any atom is -0.348 e. The number of fused-ring (bicyclic) bond motifs is 1. The lowest BCUT2D eigenvalue weighted by Crippen LogP contribution is -1.90. The number of rotatable bonds is 0. The summed E-state index contributed by atoms with van der Waals surface area (Å²) in [6, 6.07) is 2.07. The highest BCUT2D eigenvalue weighted by Crippen LogP contribution is 2.25. The third kappa shape index (κ3) is 1.76. The van der Waals surface area contributed by atoms with Gasteiger partial charge in [-0.15, -0.1) is 0 Å². The Hall–Kier alpha value is -1.31. The van der Waals surface area contributed by atoms with Gasteiger partial charge in [-0.2, -0.15) is 0 Å². The fraction of sp³-hybridized carbons (Fsp3) is 0.462. The van der Waals surface area contributed by atoms with E-state index in [-0.39, 0.29) is 0 Å². The summed E-state index contributed by atoms with van der Waals surface area (Å²) in [7, 11) is 2.10. The van der Waals surface area contributed by atoms with Gasteiger partial charge in [0.15, 0.2) is 0 Å². The first-order valence-electron chi connectivity index (χ1n) is 5.50. The Morgan fingerprint density at radius 1 is 1.13 bits per heavy atom. The van der Waals surface area contributed by atoms with Gasteiger partial charge in [-0.1, -0.05) is 13.8 Å². The van der Waals surface area contributed by atoms with Crippen LogP contribution >= 0.6 is 0 Å². The fourth-order valence-corrected chi connectivity index (χ4v) is 1.91. The van der Waals surface area contributed by atoms with E-state index in [9.17, 15) is 0 Å². The number of aromatic nitrogens is 2. The minimum atomic E-state index is 1.12. The second-order valence-electron chi connectivity index (χ2n) is 3.56. The van der Waals surface area contributed by atoms with Gasteiger partial charge < -0.3 is 4.57 Å². The van der Waals surface area contributed by atoms with Crippen LogP contribution in [-0.2, 0) is 7.05 Å². The molecule has 2 aromatic heterocycles. The highest BCUT2D eigenvalue weighted by molar-refractivity contribution is 5.86. The fourth-order valence-electron chi connectivity index (χ4n) is 1.91. The maximum Gasteiger partial charge on any atom is 0.0516 e. The molecule has 0 N–H and O–H groups in total. The zero-order valence-corrected chi connectivity index (χ0v) is 10.5. The molecule has 0 bridgehead atoms. The Labute approximate surface area is 91.9 Å². The molecule has 0 aliphatic rings. The summed E-state index contributed by atoms with van der Waals surface area (Å²) in [6.45, 7) is 10.4. The first-order valence-corrected chi connectivity index (χ1v) is 5.50. The van der Waals surface area contributed by atoms with E-state index >= 15 is 0 Å². The van der Waals surface area contributed by atoms with E-state index in [1.54, 1.807) is 0 Å². The molecule has 2 heteroatoms. The van der Waals surface area contributed by atoms with Crippen LogP contribution in [0.1, 0.15) is 30.8 Å². The van der Waals surface area contributed by atoms with Gasteiger partial charge in [0.05, 0.1) is 5.52 Å². The summed E-state index contributed by atoms with van der Waals surface area (Å²) in [5, 5.41) is 1.31. The van der Waals surface area contributed by atoms with E-state index in [1.807, 2.05) is 20.0 Å². The Morgan fingerprint density at radius 3 is 2.27 bits per heavy atom. The number of aryl methyl sites for hydroxylation is 3. The molecular formula is C13H20N2. The second kappa shape index (κ2) is 4.47. The van der Waals surface area contributed by atoms with Crippen molar-refractivity contribution in [1.29, 1.82) is 0 Å². The summed E-state index contributed by atoms with van der Waals surface area (Å²) in [5.74, 6) is 0. The van der Waals surface area contributed by atoms with Gasteiger partial charge in [0.25, 0.3) is 0 Å².